The average molecular weight is 538 g/mol. The molecule has 2 aromatic carbocycles. The number of hydrogen-bond donors (Lipinski definition) is 1. The predicted molar refractivity (Wildman–Crippen MR) is 130 cm³/mol. The first-order valence-corrected chi connectivity index (χ1v) is 11.6. The summed E-state index contributed by atoms with van der Waals surface area (Å²) in [6.07, 6.45) is 1.33. The number of benzene rings is 2. The summed E-state index contributed by atoms with van der Waals surface area (Å²) in [5.41, 5.74) is 0.915. The average Bonchev–Trinajstić information content (AvgIpc) is 2.78. The third kappa shape index (κ3) is 7.72. The predicted octanol–water partition coefficient (Wildman–Crippen LogP) is 4.40. The molecule has 0 radical (unpaired) electrons. The zero-order chi connectivity index (χ0) is 22.8. The van der Waals surface area contributed by atoms with E-state index in [9.17, 15) is 9.59 Å². The van der Waals surface area contributed by atoms with Crippen molar-refractivity contribution in [1.82, 2.24) is 10.2 Å². The highest BCUT2D eigenvalue weighted by Gasteiger charge is 2.29. The first kappa shape index (κ1) is 25.0. The number of carbonyl (C=O) groups excluding carboxylic acids is 2. The summed E-state index contributed by atoms with van der Waals surface area (Å²) >= 11 is 2.22. The second-order valence-electron chi connectivity index (χ2n) is 7.35. The van der Waals surface area contributed by atoms with Crippen molar-refractivity contribution < 1.29 is 19.1 Å². The van der Waals surface area contributed by atoms with E-state index in [4.69, 9.17) is 9.47 Å². The minimum Gasteiger partial charge on any atom is -0.497 e. The standard InChI is InChI=1S/C24H31IN2O4/c1-5-17(3)26-24(29)22(6-2)27(15-18-7-11-20(30-4)12-8-18)23(28)16-31-21-13-9-19(25)10-14-21/h7-14,17,22H,5-6,15-16H2,1-4H3,(H,26,29)/t17-,22-/m0/s1. The van der Waals surface area contributed by atoms with Crippen LogP contribution in [-0.2, 0) is 16.1 Å². The lowest BCUT2D eigenvalue weighted by Crippen LogP contribution is -2.51. The van der Waals surface area contributed by atoms with Gasteiger partial charge in [0.25, 0.3) is 5.91 Å². The van der Waals surface area contributed by atoms with E-state index in [1.54, 1.807) is 12.0 Å². The van der Waals surface area contributed by atoms with Crippen LogP contribution in [0.5, 0.6) is 11.5 Å². The summed E-state index contributed by atoms with van der Waals surface area (Å²) in [5, 5.41) is 3.01. The Morgan fingerprint density at radius 1 is 1.00 bits per heavy atom. The zero-order valence-corrected chi connectivity index (χ0v) is 20.7. The van der Waals surface area contributed by atoms with E-state index in [-0.39, 0.29) is 24.5 Å². The summed E-state index contributed by atoms with van der Waals surface area (Å²) in [4.78, 5) is 27.7. The molecule has 0 aliphatic carbocycles. The molecule has 2 rings (SSSR count). The van der Waals surface area contributed by atoms with Gasteiger partial charge < -0.3 is 19.7 Å². The number of nitrogens with zero attached hydrogens (tertiary/aromatic N) is 1. The van der Waals surface area contributed by atoms with E-state index in [2.05, 4.69) is 27.9 Å². The van der Waals surface area contributed by atoms with E-state index in [1.807, 2.05) is 69.3 Å². The Balaban J connectivity index is 2.20. The minimum absolute atomic E-state index is 0.0440. The topological polar surface area (TPSA) is 67.9 Å². The van der Waals surface area contributed by atoms with Gasteiger partial charge in [0.2, 0.25) is 5.91 Å². The van der Waals surface area contributed by atoms with Crippen LogP contribution in [0, 0.1) is 3.57 Å². The Morgan fingerprint density at radius 2 is 1.61 bits per heavy atom. The van der Waals surface area contributed by atoms with Gasteiger partial charge in [0, 0.05) is 16.2 Å². The van der Waals surface area contributed by atoms with Gasteiger partial charge in [-0.3, -0.25) is 9.59 Å². The minimum atomic E-state index is -0.580. The number of nitrogens with one attached hydrogen (secondary N) is 1. The summed E-state index contributed by atoms with van der Waals surface area (Å²) < 4.78 is 12.0. The Kier molecular flexibility index (Phi) is 10.1. The lowest BCUT2D eigenvalue weighted by molar-refractivity contribution is -0.143. The zero-order valence-electron chi connectivity index (χ0n) is 18.6. The molecule has 7 heteroatoms. The van der Waals surface area contributed by atoms with Crippen LogP contribution in [0.1, 0.15) is 39.2 Å². The molecular weight excluding hydrogens is 507 g/mol. The lowest BCUT2D eigenvalue weighted by atomic mass is 10.1. The molecule has 31 heavy (non-hydrogen) atoms. The smallest absolute Gasteiger partial charge is 0.261 e. The second kappa shape index (κ2) is 12.5. The van der Waals surface area contributed by atoms with Crippen molar-refractivity contribution >= 4 is 34.4 Å². The Morgan fingerprint density at radius 3 is 2.16 bits per heavy atom. The second-order valence-corrected chi connectivity index (χ2v) is 8.60. The van der Waals surface area contributed by atoms with E-state index < -0.39 is 6.04 Å². The van der Waals surface area contributed by atoms with Crippen LogP contribution in [0.15, 0.2) is 48.5 Å². The van der Waals surface area contributed by atoms with Crippen LogP contribution in [0.25, 0.3) is 0 Å². The summed E-state index contributed by atoms with van der Waals surface area (Å²) in [7, 11) is 1.61. The van der Waals surface area contributed by atoms with Gasteiger partial charge in [-0.2, -0.15) is 0 Å². The third-order valence-electron chi connectivity index (χ3n) is 5.07. The number of rotatable bonds is 11. The van der Waals surface area contributed by atoms with Gasteiger partial charge in [0.05, 0.1) is 7.11 Å². The molecule has 0 aromatic heterocycles. The molecule has 1 N–H and O–H groups in total. The maximum Gasteiger partial charge on any atom is 0.261 e. The Hall–Kier alpha value is -2.29. The molecule has 0 spiro atoms. The van der Waals surface area contributed by atoms with E-state index >= 15 is 0 Å². The van der Waals surface area contributed by atoms with Crippen molar-refractivity contribution in [2.45, 2.75) is 52.2 Å². The maximum atomic E-state index is 13.2. The van der Waals surface area contributed by atoms with Crippen molar-refractivity contribution in [3.8, 4) is 11.5 Å². The molecular formula is C24H31IN2O4. The van der Waals surface area contributed by atoms with Gasteiger partial charge >= 0.3 is 0 Å². The van der Waals surface area contributed by atoms with Crippen LogP contribution in [0.2, 0.25) is 0 Å². The number of amides is 2. The van der Waals surface area contributed by atoms with Gasteiger partial charge in [0.15, 0.2) is 6.61 Å². The molecule has 0 fully saturated rings. The van der Waals surface area contributed by atoms with Crippen molar-refractivity contribution in [3.05, 3.63) is 57.7 Å². The van der Waals surface area contributed by atoms with Crippen LogP contribution in [-0.4, -0.2) is 42.5 Å². The van der Waals surface area contributed by atoms with E-state index in [0.29, 0.717) is 18.7 Å². The normalized spacial score (nSPS) is 12.5. The van der Waals surface area contributed by atoms with E-state index in [0.717, 1.165) is 21.3 Å². The Bertz CT molecular complexity index is 840. The van der Waals surface area contributed by atoms with Gasteiger partial charge in [-0.05, 0) is 84.3 Å². The van der Waals surface area contributed by atoms with Crippen molar-refractivity contribution in [2.75, 3.05) is 13.7 Å². The molecule has 2 amide bonds. The molecule has 0 heterocycles. The fourth-order valence-electron chi connectivity index (χ4n) is 3.05. The summed E-state index contributed by atoms with van der Waals surface area (Å²) in [6.45, 7) is 6.06. The van der Waals surface area contributed by atoms with Crippen molar-refractivity contribution in [2.24, 2.45) is 0 Å². The molecule has 0 aliphatic rings. The number of carbonyl (C=O) groups is 2. The van der Waals surface area contributed by atoms with Gasteiger partial charge in [-0.25, -0.2) is 0 Å². The largest absolute Gasteiger partial charge is 0.497 e. The number of ether oxygens (including phenoxy) is 2. The lowest BCUT2D eigenvalue weighted by Gasteiger charge is -2.31. The molecule has 168 valence electrons. The van der Waals surface area contributed by atoms with Crippen molar-refractivity contribution in [1.29, 1.82) is 0 Å². The molecule has 0 unspecified atom stereocenters. The van der Waals surface area contributed by atoms with Crippen molar-refractivity contribution in [3.63, 3.8) is 0 Å². The molecule has 2 aromatic rings. The van der Waals surface area contributed by atoms with Gasteiger partial charge in [-0.15, -0.1) is 0 Å². The molecule has 0 saturated heterocycles. The summed E-state index contributed by atoms with van der Waals surface area (Å²) in [5.74, 6) is 0.981. The Labute approximate surface area is 198 Å². The molecule has 0 saturated carbocycles. The van der Waals surface area contributed by atoms with Gasteiger partial charge in [-0.1, -0.05) is 26.0 Å². The molecule has 2 atom stereocenters. The fourth-order valence-corrected chi connectivity index (χ4v) is 3.41. The number of halogens is 1. The van der Waals surface area contributed by atoms with Crippen LogP contribution >= 0.6 is 22.6 Å². The van der Waals surface area contributed by atoms with Gasteiger partial charge in [0.1, 0.15) is 17.5 Å². The highest BCUT2D eigenvalue weighted by Crippen LogP contribution is 2.18. The number of methoxy groups -OCH3 is 1. The quantitative estimate of drug-likeness (QED) is 0.431. The van der Waals surface area contributed by atoms with Crippen LogP contribution < -0.4 is 14.8 Å². The van der Waals surface area contributed by atoms with E-state index in [1.165, 1.54) is 0 Å². The van der Waals surface area contributed by atoms with Crippen LogP contribution in [0.4, 0.5) is 0 Å². The SMILES string of the molecule is CC[C@H](C)NC(=O)[C@H](CC)N(Cc1ccc(OC)cc1)C(=O)COc1ccc(I)cc1. The highest BCUT2D eigenvalue weighted by molar-refractivity contribution is 14.1. The first-order chi connectivity index (χ1) is 14.9. The molecule has 0 bridgehead atoms. The number of hydrogen-bond acceptors (Lipinski definition) is 4. The molecule has 0 aliphatic heterocycles. The monoisotopic (exact) mass is 538 g/mol. The maximum absolute atomic E-state index is 13.2. The van der Waals surface area contributed by atoms with Crippen LogP contribution in [0.3, 0.4) is 0 Å². The first-order valence-electron chi connectivity index (χ1n) is 10.5. The third-order valence-corrected chi connectivity index (χ3v) is 5.79. The summed E-state index contributed by atoms with van der Waals surface area (Å²) in [6, 6.07) is 14.5. The fraction of sp³-hybridized carbons (Fsp3) is 0.417. The molecule has 6 nitrogen and oxygen atoms in total. The highest BCUT2D eigenvalue weighted by atomic mass is 127.